The van der Waals surface area contributed by atoms with E-state index < -0.39 is 5.91 Å². The summed E-state index contributed by atoms with van der Waals surface area (Å²) in [7, 11) is 0. The zero-order chi connectivity index (χ0) is 15.5. The highest BCUT2D eigenvalue weighted by Gasteiger charge is 2.09. The van der Waals surface area contributed by atoms with Crippen LogP contribution < -0.4 is 5.73 Å². The topological polar surface area (TPSA) is 56.0 Å². The second-order valence-electron chi connectivity index (χ2n) is 4.84. The summed E-state index contributed by atoms with van der Waals surface area (Å²) in [6.07, 6.45) is 0.451. The van der Waals surface area contributed by atoms with Gasteiger partial charge in [-0.25, -0.2) is 9.37 Å². The van der Waals surface area contributed by atoms with Crippen LogP contribution in [0.1, 0.15) is 20.9 Å². The van der Waals surface area contributed by atoms with E-state index in [1.807, 2.05) is 17.5 Å². The molecule has 0 aliphatic heterocycles. The first kappa shape index (κ1) is 14.4. The fourth-order valence-electron chi connectivity index (χ4n) is 2.16. The van der Waals surface area contributed by atoms with Crippen LogP contribution in [-0.2, 0) is 6.42 Å². The number of aromatic nitrogens is 1. The molecular formula is C17H13FN2OS. The average molecular weight is 312 g/mol. The Morgan fingerprint density at radius 3 is 2.77 bits per heavy atom. The van der Waals surface area contributed by atoms with Gasteiger partial charge in [-0.15, -0.1) is 11.3 Å². The number of hydrogen-bond donors (Lipinski definition) is 1. The highest BCUT2D eigenvalue weighted by Crippen LogP contribution is 2.24. The summed E-state index contributed by atoms with van der Waals surface area (Å²) in [4.78, 5) is 15.7. The Morgan fingerprint density at radius 2 is 2.00 bits per heavy atom. The molecule has 1 aromatic heterocycles. The third-order valence-corrected chi connectivity index (χ3v) is 4.14. The number of nitrogens with two attached hydrogens (primary N) is 1. The van der Waals surface area contributed by atoms with Crippen molar-refractivity contribution >= 4 is 17.2 Å². The molecule has 0 saturated carbocycles. The minimum atomic E-state index is -0.469. The van der Waals surface area contributed by atoms with E-state index >= 15 is 0 Å². The molecule has 2 N–H and O–H groups in total. The summed E-state index contributed by atoms with van der Waals surface area (Å²) in [5.74, 6) is -0.696. The Labute approximate surface area is 131 Å². The molecule has 0 saturated heterocycles. The van der Waals surface area contributed by atoms with E-state index in [0.717, 1.165) is 16.3 Å². The van der Waals surface area contributed by atoms with Crippen molar-refractivity contribution in [2.24, 2.45) is 5.73 Å². The number of rotatable bonds is 4. The van der Waals surface area contributed by atoms with Gasteiger partial charge in [0.15, 0.2) is 0 Å². The largest absolute Gasteiger partial charge is 0.366 e. The molecule has 3 nitrogen and oxygen atoms in total. The van der Waals surface area contributed by atoms with Crippen molar-refractivity contribution in [3.05, 3.63) is 75.9 Å². The zero-order valence-electron chi connectivity index (χ0n) is 11.6. The van der Waals surface area contributed by atoms with Gasteiger partial charge < -0.3 is 5.73 Å². The van der Waals surface area contributed by atoms with E-state index in [-0.39, 0.29) is 5.82 Å². The molecule has 0 aliphatic carbocycles. The lowest BCUT2D eigenvalue weighted by Gasteiger charge is -2.01. The number of carbonyl (C=O) groups is 1. The molecule has 2 aromatic carbocycles. The number of carbonyl (C=O) groups excluding carboxylic acids is 1. The molecule has 0 bridgehead atoms. The second kappa shape index (κ2) is 6.07. The Kier molecular flexibility index (Phi) is 3.98. The summed E-state index contributed by atoms with van der Waals surface area (Å²) in [6.45, 7) is 0. The third kappa shape index (κ3) is 3.04. The van der Waals surface area contributed by atoms with Crippen molar-refractivity contribution in [2.75, 3.05) is 0 Å². The van der Waals surface area contributed by atoms with Gasteiger partial charge in [0.1, 0.15) is 5.82 Å². The quantitative estimate of drug-likeness (QED) is 0.799. The maximum atomic E-state index is 13.7. The molecule has 5 heteroatoms. The summed E-state index contributed by atoms with van der Waals surface area (Å²) < 4.78 is 13.7. The molecule has 3 rings (SSSR count). The Bertz CT molecular complexity index is 829. The summed E-state index contributed by atoms with van der Waals surface area (Å²) in [5, 5.41) is 2.72. The van der Waals surface area contributed by atoms with E-state index in [1.54, 1.807) is 30.3 Å². The number of benzene rings is 2. The molecule has 3 aromatic rings. The van der Waals surface area contributed by atoms with Gasteiger partial charge in [-0.05, 0) is 23.8 Å². The van der Waals surface area contributed by atoms with Crippen molar-refractivity contribution in [3.8, 4) is 11.3 Å². The van der Waals surface area contributed by atoms with Crippen LogP contribution in [0.3, 0.4) is 0 Å². The first-order chi connectivity index (χ1) is 10.6. The maximum Gasteiger partial charge on any atom is 0.248 e. The van der Waals surface area contributed by atoms with Gasteiger partial charge in [0.25, 0.3) is 0 Å². The Balaban J connectivity index is 1.86. The van der Waals surface area contributed by atoms with E-state index in [9.17, 15) is 9.18 Å². The van der Waals surface area contributed by atoms with Gasteiger partial charge in [-0.3, -0.25) is 4.79 Å². The average Bonchev–Trinajstić information content (AvgIpc) is 2.98. The van der Waals surface area contributed by atoms with Crippen LogP contribution in [0.25, 0.3) is 11.3 Å². The van der Waals surface area contributed by atoms with Crippen LogP contribution in [0.15, 0.2) is 53.9 Å². The number of hydrogen-bond acceptors (Lipinski definition) is 3. The highest BCUT2D eigenvalue weighted by molar-refractivity contribution is 7.10. The van der Waals surface area contributed by atoms with Crippen molar-refractivity contribution in [1.82, 2.24) is 4.98 Å². The standard InChI is InChI=1S/C17H13FN2OS/c18-14-7-2-1-4-11(14)9-16-20-15(10-22-16)12-5-3-6-13(8-12)17(19)21/h1-8,10H,9H2,(H2,19,21). The first-order valence-corrected chi connectivity index (χ1v) is 7.59. The van der Waals surface area contributed by atoms with Crippen molar-refractivity contribution in [2.45, 2.75) is 6.42 Å². The first-order valence-electron chi connectivity index (χ1n) is 6.71. The molecule has 0 unspecified atom stereocenters. The normalized spacial score (nSPS) is 10.6. The summed E-state index contributed by atoms with van der Waals surface area (Å²) in [6, 6.07) is 13.7. The Morgan fingerprint density at radius 1 is 1.18 bits per heavy atom. The lowest BCUT2D eigenvalue weighted by atomic mass is 10.1. The second-order valence-corrected chi connectivity index (χ2v) is 5.78. The molecule has 0 aliphatic rings. The fraction of sp³-hybridized carbons (Fsp3) is 0.0588. The number of nitrogens with zero attached hydrogens (tertiary/aromatic N) is 1. The van der Waals surface area contributed by atoms with Crippen molar-refractivity contribution < 1.29 is 9.18 Å². The maximum absolute atomic E-state index is 13.7. The fourth-order valence-corrected chi connectivity index (χ4v) is 2.99. The van der Waals surface area contributed by atoms with Crippen LogP contribution in [0, 0.1) is 5.82 Å². The highest BCUT2D eigenvalue weighted by atomic mass is 32.1. The number of halogens is 1. The number of primary amides is 1. The number of thiazole rings is 1. The van der Waals surface area contributed by atoms with Crippen LogP contribution in [0.2, 0.25) is 0 Å². The predicted molar refractivity (Wildman–Crippen MR) is 85.3 cm³/mol. The number of amides is 1. The molecular weight excluding hydrogens is 299 g/mol. The molecule has 0 atom stereocenters. The van der Waals surface area contributed by atoms with Gasteiger partial charge in [0.2, 0.25) is 5.91 Å². The lowest BCUT2D eigenvalue weighted by molar-refractivity contribution is 0.100. The SMILES string of the molecule is NC(=O)c1cccc(-c2csc(Cc3ccccc3F)n2)c1. The molecule has 1 heterocycles. The minimum Gasteiger partial charge on any atom is -0.366 e. The van der Waals surface area contributed by atoms with Crippen LogP contribution >= 0.6 is 11.3 Å². The monoisotopic (exact) mass is 312 g/mol. The lowest BCUT2D eigenvalue weighted by Crippen LogP contribution is -2.10. The van der Waals surface area contributed by atoms with Crippen LogP contribution in [0.5, 0.6) is 0 Å². The van der Waals surface area contributed by atoms with Crippen molar-refractivity contribution in [1.29, 1.82) is 0 Å². The van der Waals surface area contributed by atoms with Gasteiger partial charge in [-0.1, -0.05) is 30.3 Å². The molecule has 0 fully saturated rings. The van der Waals surface area contributed by atoms with Crippen LogP contribution in [0.4, 0.5) is 4.39 Å². The molecule has 0 radical (unpaired) electrons. The summed E-state index contributed by atoms with van der Waals surface area (Å²) in [5.41, 5.74) is 7.94. The zero-order valence-corrected chi connectivity index (χ0v) is 12.4. The van der Waals surface area contributed by atoms with Crippen molar-refractivity contribution in [3.63, 3.8) is 0 Å². The summed E-state index contributed by atoms with van der Waals surface area (Å²) >= 11 is 1.47. The van der Waals surface area contributed by atoms with E-state index in [0.29, 0.717) is 17.5 Å². The van der Waals surface area contributed by atoms with Crippen LogP contribution in [-0.4, -0.2) is 10.9 Å². The molecule has 0 spiro atoms. The van der Waals surface area contributed by atoms with Gasteiger partial charge in [0, 0.05) is 22.9 Å². The smallest absolute Gasteiger partial charge is 0.248 e. The minimum absolute atomic E-state index is 0.227. The molecule has 22 heavy (non-hydrogen) atoms. The Hall–Kier alpha value is -2.53. The van der Waals surface area contributed by atoms with E-state index in [1.165, 1.54) is 17.4 Å². The van der Waals surface area contributed by atoms with Gasteiger partial charge in [-0.2, -0.15) is 0 Å². The van der Waals surface area contributed by atoms with Gasteiger partial charge >= 0.3 is 0 Å². The third-order valence-electron chi connectivity index (χ3n) is 3.29. The van der Waals surface area contributed by atoms with E-state index in [4.69, 9.17) is 5.73 Å². The molecule has 1 amide bonds. The predicted octanol–water partition coefficient (Wildman–Crippen LogP) is 3.64. The molecule has 110 valence electrons. The van der Waals surface area contributed by atoms with E-state index in [2.05, 4.69) is 4.98 Å². The van der Waals surface area contributed by atoms with Gasteiger partial charge in [0.05, 0.1) is 10.7 Å².